The van der Waals surface area contributed by atoms with Crippen molar-refractivity contribution in [3.63, 3.8) is 0 Å². The fraction of sp³-hybridized carbons (Fsp3) is 0.250. The van der Waals surface area contributed by atoms with E-state index in [1.165, 1.54) is 5.69 Å². The van der Waals surface area contributed by atoms with Gasteiger partial charge in [0.2, 0.25) is 0 Å². The predicted molar refractivity (Wildman–Crippen MR) is 84.2 cm³/mol. The van der Waals surface area contributed by atoms with Gasteiger partial charge in [-0.1, -0.05) is 0 Å². The third-order valence-corrected chi connectivity index (χ3v) is 3.74. The molecule has 0 spiro atoms. The normalized spacial score (nSPS) is 14.8. The molecule has 0 saturated carbocycles. The van der Waals surface area contributed by atoms with Crippen LogP contribution in [0, 0.1) is 11.3 Å². The van der Waals surface area contributed by atoms with Crippen LogP contribution in [0.1, 0.15) is 5.56 Å². The molecule has 1 aromatic carbocycles. The third kappa shape index (κ3) is 2.90. The van der Waals surface area contributed by atoms with Crippen molar-refractivity contribution in [2.45, 2.75) is 0 Å². The smallest absolute Gasteiger partial charge is 0.129 e. The highest BCUT2D eigenvalue weighted by molar-refractivity contribution is 5.54. The van der Waals surface area contributed by atoms with Crippen LogP contribution in [-0.4, -0.2) is 31.2 Å². The molecular formula is C16H17N5. The maximum absolute atomic E-state index is 8.96. The van der Waals surface area contributed by atoms with Crippen LogP contribution < -0.4 is 15.5 Å². The highest BCUT2D eigenvalue weighted by Crippen LogP contribution is 2.20. The van der Waals surface area contributed by atoms with Crippen LogP contribution in [0.2, 0.25) is 0 Å². The van der Waals surface area contributed by atoms with Gasteiger partial charge >= 0.3 is 0 Å². The minimum atomic E-state index is 0.654. The van der Waals surface area contributed by atoms with E-state index >= 15 is 0 Å². The molecular weight excluding hydrogens is 262 g/mol. The van der Waals surface area contributed by atoms with Gasteiger partial charge in [0, 0.05) is 43.8 Å². The Balaban J connectivity index is 1.67. The maximum atomic E-state index is 8.96. The average molecular weight is 279 g/mol. The number of hydrogen-bond acceptors (Lipinski definition) is 5. The van der Waals surface area contributed by atoms with Crippen LogP contribution in [0.3, 0.4) is 0 Å². The second-order valence-electron chi connectivity index (χ2n) is 5.08. The minimum Gasteiger partial charge on any atom is -0.399 e. The fourth-order valence-electron chi connectivity index (χ4n) is 2.54. The van der Waals surface area contributed by atoms with Crippen LogP contribution in [0.4, 0.5) is 17.2 Å². The SMILES string of the molecule is N#Cc1ccnc(N2CCN(c3ccc(N)cc3)CC2)c1. The number of nitrogens with two attached hydrogens (primary N) is 1. The Labute approximate surface area is 124 Å². The second kappa shape index (κ2) is 5.71. The van der Waals surface area contributed by atoms with E-state index in [0.717, 1.165) is 37.7 Å². The summed E-state index contributed by atoms with van der Waals surface area (Å²) in [5.74, 6) is 0.881. The number of pyridine rings is 1. The van der Waals surface area contributed by atoms with Crippen LogP contribution >= 0.6 is 0 Å². The molecule has 1 saturated heterocycles. The third-order valence-electron chi connectivity index (χ3n) is 3.74. The van der Waals surface area contributed by atoms with Crippen molar-refractivity contribution in [2.24, 2.45) is 0 Å². The zero-order valence-electron chi connectivity index (χ0n) is 11.7. The van der Waals surface area contributed by atoms with Gasteiger partial charge in [0.05, 0.1) is 11.6 Å². The second-order valence-corrected chi connectivity index (χ2v) is 5.08. The van der Waals surface area contributed by atoms with Crippen LogP contribution in [0.15, 0.2) is 42.6 Å². The summed E-state index contributed by atoms with van der Waals surface area (Å²) in [7, 11) is 0. The largest absolute Gasteiger partial charge is 0.399 e. The van der Waals surface area contributed by atoms with Crippen molar-refractivity contribution in [1.82, 2.24) is 4.98 Å². The summed E-state index contributed by atoms with van der Waals surface area (Å²) in [4.78, 5) is 8.91. The minimum absolute atomic E-state index is 0.654. The van der Waals surface area contributed by atoms with E-state index in [2.05, 4.69) is 33.0 Å². The fourth-order valence-corrected chi connectivity index (χ4v) is 2.54. The summed E-state index contributed by atoms with van der Waals surface area (Å²) >= 11 is 0. The van der Waals surface area contributed by atoms with E-state index in [4.69, 9.17) is 11.0 Å². The lowest BCUT2D eigenvalue weighted by Crippen LogP contribution is -2.46. The maximum Gasteiger partial charge on any atom is 0.129 e. The summed E-state index contributed by atoms with van der Waals surface area (Å²) < 4.78 is 0. The Morgan fingerprint density at radius 1 is 1.00 bits per heavy atom. The van der Waals surface area contributed by atoms with Gasteiger partial charge < -0.3 is 15.5 Å². The van der Waals surface area contributed by atoms with Gasteiger partial charge in [0.25, 0.3) is 0 Å². The Kier molecular flexibility index (Phi) is 3.61. The lowest BCUT2D eigenvalue weighted by Gasteiger charge is -2.36. The summed E-state index contributed by atoms with van der Waals surface area (Å²) in [5, 5.41) is 8.96. The first-order valence-corrected chi connectivity index (χ1v) is 6.98. The molecule has 0 bridgehead atoms. The van der Waals surface area contributed by atoms with E-state index in [0.29, 0.717) is 5.56 Å². The highest BCUT2D eigenvalue weighted by Gasteiger charge is 2.18. The molecule has 0 unspecified atom stereocenters. The number of nitrogens with zero attached hydrogens (tertiary/aromatic N) is 4. The summed E-state index contributed by atoms with van der Waals surface area (Å²) in [6.45, 7) is 3.66. The number of anilines is 3. The van der Waals surface area contributed by atoms with E-state index in [1.54, 1.807) is 12.3 Å². The topological polar surface area (TPSA) is 69.2 Å². The van der Waals surface area contributed by atoms with Gasteiger partial charge in [-0.2, -0.15) is 5.26 Å². The molecule has 106 valence electrons. The first-order valence-electron chi connectivity index (χ1n) is 6.98. The molecule has 1 aliphatic heterocycles. The molecule has 1 aliphatic rings. The molecule has 0 atom stereocenters. The van der Waals surface area contributed by atoms with E-state index in [9.17, 15) is 0 Å². The number of nitriles is 1. The van der Waals surface area contributed by atoms with Crippen molar-refractivity contribution < 1.29 is 0 Å². The Morgan fingerprint density at radius 2 is 1.67 bits per heavy atom. The molecule has 2 aromatic rings. The number of rotatable bonds is 2. The van der Waals surface area contributed by atoms with Crippen LogP contribution in [0.5, 0.6) is 0 Å². The number of piperazine rings is 1. The molecule has 21 heavy (non-hydrogen) atoms. The van der Waals surface area contributed by atoms with E-state index in [-0.39, 0.29) is 0 Å². The first kappa shape index (κ1) is 13.3. The molecule has 2 heterocycles. The van der Waals surface area contributed by atoms with Crippen molar-refractivity contribution in [2.75, 3.05) is 41.7 Å². The van der Waals surface area contributed by atoms with Crippen molar-refractivity contribution in [3.8, 4) is 6.07 Å². The van der Waals surface area contributed by atoms with Gasteiger partial charge in [-0.05, 0) is 36.4 Å². The van der Waals surface area contributed by atoms with Crippen molar-refractivity contribution >= 4 is 17.2 Å². The van der Waals surface area contributed by atoms with Crippen LogP contribution in [0.25, 0.3) is 0 Å². The molecule has 1 fully saturated rings. The summed E-state index contributed by atoms with van der Waals surface area (Å²) in [5.41, 5.74) is 8.36. The summed E-state index contributed by atoms with van der Waals surface area (Å²) in [6.07, 6.45) is 1.69. The number of hydrogen-bond donors (Lipinski definition) is 1. The van der Waals surface area contributed by atoms with E-state index in [1.807, 2.05) is 18.2 Å². The van der Waals surface area contributed by atoms with Gasteiger partial charge in [0.15, 0.2) is 0 Å². The molecule has 0 aliphatic carbocycles. The van der Waals surface area contributed by atoms with Gasteiger partial charge in [-0.3, -0.25) is 0 Å². The molecule has 1 aromatic heterocycles. The number of nitrogen functional groups attached to an aromatic ring is 1. The number of aromatic nitrogens is 1. The Morgan fingerprint density at radius 3 is 2.33 bits per heavy atom. The molecule has 3 rings (SSSR count). The quantitative estimate of drug-likeness (QED) is 0.850. The van der Waals surface area contributed by atoms with Crippen molar-refractivity contribution in [1.29, 1.82) is 5.26 Å². The molecule has 0 radical (unpaired) electrons. The van der Waals surface area contributed by atoms with Gasteiger partial charge in [-0.25, -0.2) is 4.98 Å². The van der Waals surface area contributed by atoms with Crippen LogP contribution in [-0.2, 0) is 0 Å². The van der Waals surface area contributed by atoms with E-state index < -0.39 is 0 Å². The monoisotopic (exact) mass is 279 g/mol. The molecule has 0 amide bonds. The highest BCUT2D eigenvalue weighted by atomic mass is 15.3. The van der Waals surface area contributed by atoms with Crippen molar-refractivity contribution in [3.05, 3.63) is 48.2 Å². The van der Waals surface area contributed by atoms with Gasteiger partial charge in [-0.15, -0.1) is 0 Å². The summed E-state index contributed by atoms with van der Waals surface area (Å²) in [6, 6.07) is 13.7. The first-order chi connectivity index (χ1) is 10.3. The predicted octanol–water partition coefficient (Wildman–Crippen LogP) is 1.86. The molecule has 2 N–H and O–H groups in total. The lowest BCUT2D eigenvalue weighted by atomic mass is 10.2. The zero-order chi connectivity index (χ0) is 14.7. The van der Waals surface area contributed by atoms with Gasteiger partial charge in [0.1, 0.15) is 5.82 Å². The average Bonchev–Trinajstić information content (AvgIpc) is 2.56. The molecule has 5 heteroatoms. The lowest BCUT2D eigenvalue weighted by molar-refractivity contribution is 0.647. The zero-order valence-corrected chi connectivity index (χ0v) is 11.7. The standard InChI is InChI=1S/C16H17N5/c17-12-13-5-6-19-16(11-13)21-9-7-20(8-10-21)15-3-1-14(18)2-4-15/h1-6,11H,7-10,18H2. The number of benzene rings is 1. The molecule has 5 nitrogen and oxygen atoms in total. The Bertz CT molecular complexity index is 651. The Hall–Kier alpha value is -2.74.